The van der Waals surface area contributed by atoms with Gasteiger partial charge in [0.2, 0.25) is 11.8 Å². The summed E-state index contributed by atoms with van der Waals surface area (Å²) in [5.41, 5.74) is 2.26. The molecule has 3 aliphatic rings. The lowest BCUT2D eigenvalue weighted by Gasteiger charge is -2.25. The van der Waals surface area contributed by atoms with Gasteiger partial charge < -0.3 is 9.32 Å². The third kappa shape index (κ3) is 2.17. The third-order valence-electron chi connectivity index (χ3n) is 6.51. The summed E-state index contributed by atoms with van der Waals surface area (Å²) in [5.74, 6) is 3.24. The van der Waals surface area contributed by atoms with Gasteiger partial charge in [0.1, 0.15) is 11.6 Å². The molecule has 3 fully saturated rings. The fourth-order valence-corrected chi connectivity index (χ4v) is 4.68. The maximum atomic E-state index is 9.65. The van der Waals surface area contributed by atoms with Crippen molar-refractivity contribution in [2.45, 2.75) is 57.3 Å². The van der Waals surface area contributed by atoms with E-state index in [-0.39, 0.29) is 5.41 Å². The Hall–Kier alpha value is -2.49. The first-order valence-electron chi connectivity index (χ1n) is 9.45. The number of nitrogens with zero attached hydrogens (tertiary/aromatic N) is 6. The van der Waals surface area contributed by atoms with Gasteiger partial charge in [0.15, 0.2) is 5.82 Å². The van der Waals surface area contributed by atoms with E-state index in [0.717, 1.165) is 61.8 Å². The lowest BCUT2D eigenvalue weighted by atomic mass is 9.80. The average molecular weight is 350 g/mol. The molecule has 2 aromatic heterocycles. The highest BCUT2D eigenvalue weighted by Crippen LogP contribution is 2.52. The van der Waals surface area contributed by atoms with Crippen LogP contribution in [0.15, 0.2) is 4.42 Å². The number of aromatic nitrogens is 4. The molecule has 0 radical (unpaired) electrons. The van der Waals surface area contributed by atoms with Crippen LogP contribution in [0.3, 0.4) is 0 Å². The van der Waals surface area contributed by atoms with E-state index in [1.807, 2.05) is 13.8 Å². The standard InChI is InChI=1S/C19H22N6O/c1-11-12(2)21-22-16(15(11)8-20)25-9-14-4-3-7-19(14,10-25)18-24-23-17(26-18)13-5-6-13/h13-14H,3-7,9-10H2,1-2H3/t14-,19-/m0/s1. The molecule has 0 aromatic carbocycles. The van der Waals surface area contributed by atoms with Crippen molar-refractivity contribution in [1.29, 1.82) is 5.26 Å². The maximum Gasteiger partial charge on any atom is 0.224 e. The summed E-state index contributed by atoms with van der Waals surface area (Å²) in [6, 6.07) is 2.33. The van der Waals surface area contributed by atoms with E-state index < -0.39 is 0 Å². The molecule has 26 heavy (non-hydrogen) atoms. The van der Waals surface area contributed by atoms with Crippen LogP contribution in [0.4, 0.5) is 5.82 Å². The number of anilines is 1. The Kier molecular flexibility index (Phi) is 3.33. The molecule has 0 unspecified atom stereocenters. The predicted molar refractivity (Wildman–Crippen MR) is 93.7 cm³/mol. The molecular formula is C19H22N6O. The zero-order valence-corrected chi connectivity index (χ0v) is 15.2. The molecule has 0 spiro atoms. The van der Waals surface area contributed by atoms with Gasteiger partial charge in [-0.3, -0.25) is 0 Å². The summed E-state index contributed by atoms with van der Waals surface area (Å²) in [6.45, 7) is 5.48. The van der Waals surface area contributed by atoms with Gasteiger partial charge in [0.05, 0.1) is 11.1 Å². The Labute approximate surface area is 152 Å². The summed E-state index contributed by atoms with van der Waals surface area (Å²) in [7, 11) is 0. The quantitative estimate of drug-likeness (QED) is 0.840. The van der Waals surface area contributed by atoms with Crippen molar-refractivity contribution < 1.29 is 4.42 Å². The van der Waals surface area contributed by atoms with Crippen LogP contribution in [0.2, 0.25) is 0 Å². The molecule has 1 aliphatic heterocycles. The second-order valence-electron chi connectivity index (χ2n) is 8.07. The molecule has 2 atom stereocenters. The number of rotatable bonds is 3. The van der Waals surface area contributed by atoms with Crippen LogP contribution < -0.4 is 4.90 Å². The normalized spacial score (nSPS) is 27.6. The van der Waals surface area contributed by atoms with E-state index in [9.17, 15) is 5.26 Å². The average Bonchev–Trinajstić information content (AvgIpc) is 3.05. The summed E-state index contributed by atoms with van der Waals surface area (Å²) in [6.07, 6.45) is 5.71. The van der Waals surface area contributed by atoms with Gasteiger partial charge in [-0.1, -0.05) is 6.42 Å². The third-order valence-corrected chi connectivity index (χ3v) is 6.51. The van der Waals surface area contributed by atoms with E-state index in [0.29, 0.717) is 23.2 Å². The summed E-state index contributed by atoms with van der Waals surface area (Å²) in [5, 5.41) is 27.1. The maximum absolute atomic E-state index is 9.65. The molecule has 2 aliphatic carbocycles. The van der Waals surface area contributed by atoms with Gasteiger partial charge >= 0.3 is 0 Å². The minimum Gasteiger partial charge on any atom is -0.424 e. The Morgan fingerprint density at radius 2 is 2.00 bits per heavy atom. The van der Waals surface area contributed by atoms with Crippen LogP contribution in [0, 0.1) is 31.1 Å². The minimum absolute atomic E-state index is 0.104. The highest BCUT2D eigenvalue weighted by molar-refractivity contribution is 5.59. The van der Waals surface area contributed by atoms with Crippen molar-refractivity contribution in [2.75, 3.05) is 18.0 Å². The first-order valence-corrected chi connectivity index (χ1v) is 9.45. The Balaban J connectivity index is 1.51. The first-order chi connectivity index (χ1) is 12.6. The fraction of sp³-hybridized carbons (Fsp3) is 0.632. The van der Waals surface area contributed by atoms with Crippen LogP contribution in [0.5, 0.6) is 0 Å². The molecule has 5 rings (SSSR count). The number of nitriles is 1. The highest BCUT2D eigenvalue weighted by atomic mass is 16.4. The summed E-state index contributed by atoms with van der Waals surface area (Å²) < 4.78 is 6.13. The van der Waals surface area contributed by atoms with Crippen molar-refractivity contribution in [1.82, 2.24) is 20.4 Å². The molecule has 1 saturated heterocycles. The SMILES string of the molecule is Cc1nnc(N2C[C@@H]3CCC[C@]3(c3nnc(C4CC4)o3)C2)c(C#N)c1C. The molecule has 2 saturated carbocycles. The Bertz CT molecular complexity index is 911. The highest BCUT2D eigenvalue weighted by Gasteiger charge is 2.55. The van der Waals surface area contributed by atoms with Crippen molar-refractivity contribution in [3.63, 3.8) is 0 Å². The van der Waals surface area contributed by atoms with E-state index in [2.05, 4.69) is 31.4 Å². The lowest BCUT2D eigenvalue weighted by molar-refractivity contribution is 0.296. The van der Waals surface area contributed by atoms with Crippen LogP contribution in [-0.4, -0.2) is 33.5 Å². The van der Waals surface area contributed by atoms with Crippen molar-refractivity contribution in [2.24, 2.45) is 5.92 Å². The van der Waals surface area contributed by atoms with Crippen molar-refractivity contribution in [3.8, 4) is 6.07 Å². The first kappa shape index (κ1) is 15.7. The Morgan fingerprint density at radius 3 is 2.77 bits per heavy atom. The molecule has 0 N–H and O–H groups in total. The monoisotopic (exact) mass is 350 g/mol. The number of fused-ring (bicyclic) bond motifs is 1. The second kappa shape index (κ2) is 5.50. The number of aryl methyl sites for hydroxylation is 1. The zero-order valence-electron chi connectivity index (χ0n) is 15.2. The zero-order chi connectivity index (χ0) is 17.9. The van der Waals surface area contributed by atoms with Crippen LogP contribution in [-0.2, 0) is 5.41 Å². The number of hydrogen-bond donors (Lipinski definition) is 0. The smallest absolute Gasteiger partial charge is 0.224 e. The molecule has 3 heterocycles. The van der Waals surface area contributed by atoms with Gasteiger partial charge in [-0.2, -0.15) is 10.4 Å². The Morgan fingerprint density at radius 1 is 1.15 bits per heavy atom. The molecule has 7 nitrogen and oxygen atoms in total. The lowest BCUT2D eigenvalue weighted by Crippen LogP contribution is -2.33. The largest absolute Gasteiger partial charge is 0.424 e. The number of hydrogen-bond acceptors (Lipinski definition) is 7. The van der Waals surface area contributed by atoms with Crippen molar-refractivity contribution in [3.05, 3.63) is 28.6 Å². The minimum atomic E-state index is -0.104. The van der Waals surface area contributed by atoms with E-state index >= 15 is 0 Å². The molecule has 2 aromatic rings. The van der Waals surface area contributed by atoms with Gasteiger partial charge in [-0.15, -0.1) is 15.3 Å². The molecule has 0 bridgehead atoms. The van der Waals surface area contributed by atoms with E-state index in [1.54, 1.807) is 0 Å². The fourth-order valence-electron chi connectivity index (χ4n) is 4.68. The van der Waals surface area contributed by atoms with Gasteiger partial charge in [-0.05, 0) is 51.0 Å². The second-order valence-corrected chi connectivity index (χ2v) is 8.07. The van der Waals surface area contributed by atoms with Gasteiger partial charge in [0, 0.05) is 19.0 Å². The summed E-state index contributed by atoms with van der Waals surface area (Å²) >= 11 is 0. The van der Waals surface area contributed by atoms with Crippen LogP contribution >= 0.6 is 0 Å². The molecule has 134 valence electrons. The van der Waals surface area contributed by atoms with E-state index in [4.69, 9.17) is 4.42 Å². The van der Waals surface area contributed by atoms with Crippen LogP contribution in [0.25, 0.3) is 0 Å². The van der Waals surface area contributed by atoms with Gasteiger partial charge in [0.25, 0.3) is 0 Å². The summed E-state index contributed by atoms with van der Waals surface area (Å²) in [4.78, 5) is 2.21. The molecule has 0 amide bonds. The topological polar surface area (TPSA) is 91.7 Å². The predicted octanol–water partition coefficient (Wildman–Crippen LogP) is 2.78. The molecular weight excluding hydrogens is 328 g/mol. The van der Waals surface area contributed by atoms with Crippen LogP contribution in [0.1, 0.15) is 66.6 Å². The van der Waals surface area contributed by atoms with Gasteiger partial charge in [-0.25, -0.2) is 0 Å². The molecule has 7 heteroatoms. The van der Waals surface area contributed by atoms with Crippen molar-refractivity contribution >= 4 is 5.82 Å². The van der Waals surface area contributed by atoms with E-state index in [1.165, 1.54) is 6.42 Å².